The van der Waals surface area contributed by atoms with Crippen LogP contribution in [0, 0.1) is 12.7 Å². The van der Waals surface area contributed by atoms with Gasteiger partial charge in [-0.1, -0.05) is 47.5 Å². The molecule has 0 aliphatic carbocycles. The smallest absolute Gasteiger partial charge is 0.133 e. The van der Waals surface area contributed by atoms with Gasteiger partial charge in [-0.05, 0) is 24.6 Å². The van der Waals surface area contributed by atoms with Crippen molar-refractivity contribution in [1.82, 2.24) is 0 Å². The van der Waals surface area contributed by atoms with E-state index in [4.69, 9.17) is 23.2 Å². The Labute approximate surface area is 104 Å². The number of rotatable bonds is 1. The second-order valence-corrected chi connectivity index (χ2v) is 4.40. The molecular weight excluding hydrogens is 246 g/mol. The van der Waals surface area contributed by atoms with Crippen molar-refractivity contribution in [2.24, 2.45) is 0 Å². The summed E-state index contributed by atoms with van der Waals surface area (Å²) in [5.74, 6) is -0.244. The molecule has 0 nitrogen and oxygen atoms in total. The maximum Gasteiger partial charge on any atom is 0.133 e. The monoisotopic (exact) mass is 254 g/mol. The van der Waals surface area contributed by atoms with E-state index in [2.05, 4.69) is 0 Å². The summed E-state index contributed by atoms with van der Waals surface area (Å²) in [7, 11) is 0. The lowest BCUT2D eigenvalue weighted by atomic mass is 10.0. The van der Waals surface area contributed by atoms with E-state index < -0.39 is 0 Å². The molecular formula is C13H9Cl2F. The van der Waals surface area contributed by atoms with E-state index in [1.165, 1.54) is 0 Å². The minimum atomic E-state index is -0.244. The van der Waals surface area contributed by atoms with Crippen molar-refractivity contribution in [1.29, 1.82) is 0 Å². The summed E-state index contributed by atoms with van der Waals surface area (Å²) in [4.78, 5) is 0. The normalized spacial score (nSPS) is 10.5. The van der Waals surface area contributed by atoms with Crippen molar-refractivity contribution in [3.05, 3.63) is 57.8 Å². The fraction of sp³-hybridized carbons (Fsp3) is 0.0769. The standard InChI is InChI=1S/C13H9Cl2F/c1-8-3-2-4-11(13(8)16)10-6-5-9(14)7-12(10)15/h2-7H,1H3. The summed E-state index contributed by atoms with van der Waals surface area (Å²) in [5.41, 5.74) is 1.76. The van der Waals surface area contributed by atoms with Crippen LogP contribution in [0.2, 0.25) is 10.0 Å². The van der Waals surface area contributed by atoms with Crippen LogP contribution < -0.4 is 0 Å². The minimum absolute atomic E-state index is 0.244. The molecule has 0 bridgehead atoms. The second kappa shape index (κ2) is 4.44. The van der Waals surface area contributed by atoms with Gasteiger partial charge in [0.05, 0.1) is 0 Å². The molecule has 0 aliphatic rings. The molecule has 2 rings (SSSR count). The van der Waals surface area contributed by atoms with E-state index in [0.717, 1.165) is 0 Å². The summed E-state index contributed by atoms with van der Waals surface area (Å²) >= 11 is 11.8. The lowest BCUT2D eigenvalue weighted by Gasteiger charge is -2.07. The van der Waals surface area contributed by atoms with Crippen molar-refractivity contribution in [2.45, 2.75) is 6.92 Å². The summed E-state index contributed by atoms with van der Waals surface area (Å²) in [6, 6.07) is 10.3. The Kier molecular flexibility index (Phi) is 3.17. The van der Waals surface area contributed by atoms with Crippen LogP contribution in [0.25, 0.3) is 11.1 Å². The maximum absolute atomic E-state index is 13.9. The van der Waals surface area contributed by atoms with Crippen LogP contribution in [0.15, 0.2) is 36.4 Å². The Balaban J connectivity index is 2.63. The molecule has 0 saturated heterocycles. The molecule has 0 spiro atoms. The summed E-state index contributed by atoms with van der Waals surface area (Å²) in [5, 5.41) is 0.999. The molecule has 0 radical (unpaired) electrons. The first-order valence-electron chi connectivity index (χ1n) is 4.80. The van der Waals surface area contributed by atoms with Crippen molar-refractivity contribution >= 4 is 23.2 Å². The van der Waals surface area contributed by atoms with Gasteiger partial charge in [-0.25, -0.2) is 4.39 Å². The predicted molar refractivity (Wildman–Crippen MR) is 66.6 cm³/mol. The lowest BCUT2D eigenvalue weighted by Crippen LogP contribution is -1.88. The number of hydrogen-bond acceptors (Lipinski definition) is 0. The van der Waals surface area contributed by atoms with E-state index >= 15 is 0 Å². The van der Waals surface area contributed by atoms with Gasteiger partial charge in [-0.15, -0.1) is 0 Å². The fourth-order valence-electron chi connectivity index (χ4n) is 1.56. The van der Waals surface area contributed by atoms with E-state index in [9.17, 15) is 4.39 Å². The molecule has 3 heteroatoms. The van der Waals surface area contributed by atoms with E-state index in [1.807, 2.05) is 0 Å². The van der Waals surface area contributed by atoms with Crippen LogP contribution in [0.5, 0.6) is 0 Å². The van der Waals surface area contributed by atoms with Gasteiger partial charge in [-0.2, -0.15) is 0 Å². The molecule has 0 fully saturated rings. The van der Waals surface area contributed by atoms with Crippen LogP contribution in [-0.4, -0.2) is 0 Å². The van der Waals surface area contributed by atoms with E-state index in [0.29, 0.717) is 26.7 Å². The van der Waals surface area contributed by atoms with Crippen molar-refractivity contribution in [3.63, 3.8) is 0 Å². The quantitative estimate of drug-likeness (QED) is 0.664. The van der Waals surface area contributed by atoms with Gasteiger partial charge in [0, 0.05) is 21.2 Å². The third-order valence-corrected chi connectivity index (χ3v) is 2.96. The molecule has 16 heavy (non-hydrogen) atoms. The van der Waals surface area contributed by atoms with Crippen LogP contribution in [-0.2, 0) is 0 Å². The molecule has 82 valence electrons. The number of benzene rings is 2. The Morgan fingerprint density at radius 2 is 1.75 bits per heavy atom. The Morgan fingerprint density at radius 3 is 2.44 bits per heavy atom. The SMILES string of the molecule is Cc1cccc(-c2ccc(Cl)cc2Cl)c1F. The van der Waals surface area contributed by atoms with Crippen molar-refractivity contribution < 1.29 is 4.39 Å². The molecule has 2 aromatic rings. The highest BCUT2D eigenvalue weighted by molar-refractivity contribution is 6.36. The zero-order valence-corrected chi connectivity index (χ0v) is 10.1. The summed E-state index contributed by atoms with van der Waals surface area (Å²) in [6.45, 7) is 1.72. The van der Waals surface area contributed by atoms with Crippen molar-refractivity contribution in [3.8, 4) is 11.1 Å². The summed E-state index contributed by atoms with van der Waals surface area (Å²) < 4.78 is 13.9. The molecule has 2 aromatic carbocycles. The highest BCUT2D eigenvalue weighted by Gasteiger charge is 2.10. The third kappa shape index (κ3) is 2.06. The summed E-state index contributed by atoms with van der Waals surface area (Å²) in [6.07, 6.45) is 0. The molecule has 0 heterocycles. The number of hydrogen-bond donors (Lipinski definition) is 0. The Bertz CT molecular complexity index is 535. The highest BCUT2D eigenvalue weighted by Crippen LogP contribution is 2.32. The topological polar surface area (TPSA) is 0 Å². The van der Waals surface area contributed by atoms with E-state index in [-0.39, 0.29) is 5.82 Å². The van der Waals surface area contributed by atoms with Crippen LogP contribution in [0.3, 0.4) is 0 Å². The molecule has 0 atom stereocenters. The molecule has 0 aromatic heterocycles. The first-order valence-corrected chi connectivity index (χ1v) is 5.55. The Hall–Kier alpha value is -1.05. The van der Waals surface area contributed by atoms with Gasteiger partial charge in [0.1, 0.15) is 5.82 Å². The van der Waals surface area contributed by atoms with Crippen LogP contribution in [0.1, 0.15) is 5.56 Å². The second-order valence-electron chi connectivity index (χ2n) is 3.56. The highest BCUT2D eigenvalue weighted by atomic mass is 35.5. The maximum atomic E-state index is 13.9. The lowest BCUT2D eigenvalue weighted by molar-refractivity contribution is 0.622. The zero-order chi connectivity index (χ0) is 11.7. The fourth-order valence-corrected chi connectivity index (χ4v) is 2.07. The molecule has 0 aliphatic heterocycles. The van der Waals surface area contributed by atoms with E-state index in [1.54, 1.807) is 43.3 Å². The van der Waals surface area contributed by atoms with Gasteiger partial charge in [0.15, 0.2) is 0 Å². The number of aryl methyl sites for hydroxylation is 1. The largest absolute Gasteiger partial charge is 0.206 e. The van der Waals surface area contributed by atoms with Gasteiger partial charge >= 0.3 is 0 Å². The third-order valence-electron chi connectivity index (χ3n) is 2.41. The molecule has 0 saturated carbocycles. The van der Waals surface area contributed by atoms with Crippen LogP contribution in [0.4, 0.5) is 4.39 Å². The van der Waals surface area contributed by atoms with Crippen LogP contribution >= 0.6 is 23.2 Å². The van der Waals surface area contributed by atoms with Gasteiger partial charge in [0.2, 0.25) is 0 Å². The van der Waals surface area contributed by atoms with Gasteiger partial charge in [0.25, 0.3) is 0 Å². The molecule has 0 amide bonds. The number of halogens is 3. The molecule has 0 unspecified atom stereocenters. The first-order chi connectivity index (χ1) is 7.59. The Morgan fingerprint density at radius 1 is 1.00 bits per heavy atom. The van der Waals surface area contributed by atoms with Crippen molar-refractivity contribution in [2.75, 3.05) is 0 Å². The molecule has 0 N–H and O–H groups in total. The van der Waals surface area contributed by atoms with Gasteiger partial charge < -0.3 is 0 Å². The average Bonchev–Trinajstić information content (AvgIpc) is 2.23. The average molecular weight is 255 g/mol. The first kappa shape index (κ1) is 11.4. The van der Waals surface area contributed by atoms with Gasteiger partial charge in [-0.3, -0.25) is 0 Å². The zero-order valence-electron chi connectivity index (χ0n) is 8.60. The predicted octanol–water partition coefficient (Wildman–Crippen LogP) is 5.11. The minimum Gasteiger partial charge on any atom is -0.206 e.